The molecular weight excluding hydrogens is 378 g/mol. The van der Waals surface area contributed by atoms with E-state index in [-0.39, 0.29) is 5.91 Å². The number of hydrogen-bond acceptors (Lipinski definition) is 6. The fourth-order valence-corrected chi connectivity index (χ4v) is 3.04. The average Bonchev–Trinajstić information content (AvgIpc) is 3.28. The first kappa shape index (κ1) is 19.4. The smallest absolute Gasteiger partial charge is 0.273 e. The number of aromatic nitrogens is 4. The van der Waals surface area contributed by atoms with Crippen LogP contribution in [-0.4, -0.2) is 26.0 Å². The summed E-state index contributed by atoms with van der Waals surface area (Å²) < 4.78 is 5.08. The number of aryl methyl sites for hydroxylation is 2. The Kier molecular flexibility index (Phi) is 5.61. The minimum absolute atomic E-state index is 0.258. The summed E-state index contributed by atoms with van der Waals surface area (Å²) in [6, 6.07) is 15.3. The van der Waals surface area contributed by atoms with Gasteiger partial charge in [0.1, 0.15) is 11.6 Å². The van der Waals surface area contributed by atoms with Crippen LogP contribution in [-0.2, 0) is 13.0 Å². The molecule has 1 N–H and O–H groups in total. The van der Waals surface area contributed by atoms with Crippen molar-refractivity contribution in [1.82, 2.24) is 25.4 Å². The largest absolute Gasteiger partial charge is 0.361 e. The highest BCUT2D eigenvalue weighted by atomic mass is 16.5. The zero-order valence-corrected chi connectivity index (χ0v) is 16.8. The first-order valence-corrected chi connectivity index (χ1v) is 9.72. The highest BCUT2D eigenvalue weighted by molar-refractivity contribution is 5.92. The zero-order chi connectivity index (χ0) is 20.9. The quantitative estimate of drug-likeness (QED) is 0.527. The van der Waals surface area contributed by atoms with Crippen LogP contribution in [0, 0.1) is 6.92 Å². The molecule has 3 aromatic heterocycles. The molecule has 0 saturated heterocycles. The van der Waals surface area contributed by atoms with Gasteiger partial charge in [0.25, 0.3) is 5.91 Å². The van der Waals surface area contributed by atoms with Crippen LogP contribution >= 0.6 is 0 Å². The van der Waals surface area contributed by atoms with E-state index < -0.39 is 0 Å². The minimum Gasteiger partial charge on any atom is -0.361 e. The van der Waals surface area contributed by atoms with Crippen molar-refractivity contribution in [3.05, 3.63) is 83.8 Å². The Labute approximate surface area is 174 Å². The number of amides is 1. The highest BCUT2D eigenvalue weighted by Gasteiger charge is 2.13. The summed E-state index contributed by atoms with van der Waals surface area (Å²) >= 11 is 0. The summed E-state index contributed by atoms with van der Waals surface area (Å²) in [5.41, 5.74) is 4.74. The lowest BCUT2D eigenvalue weighted by Gasteiger charge is -2.10. The van der Waals surface area contributed by atoms with Crippen LogP contribution in [0.1, 0.15) is 34.6 Å². The van der Waals surface area contributed by atoms with Crippen molar-refractivity contribution in [3.63, 3.8) is 0 Å². The molecule has 0 aliphatic rings. The number of nitrogens with zero attached hydrogens (tertiary/aromatic N) is 4. The number of rotatable bonds is 6. The number of carbonyl (C=O) groups is 1. The van der Waals surface area contributed by atoms with Crippen LogP contribution in [0.5, 0.6) is 0 Å². The fourth-order valence-electron chi connectivity index (χ4n) is 3.04. The molecule has 0 bridgehead atoms. The lowest BCUT2D eigenvalue weighted by Crippen LogP contribution is -2.23. The van der Waals surface area contributed by atoms with Gasteiger partial charge in [-0.3, -0.25) is 9.78 Å². The van der Waals surface area contributed by atoms with Gasteiger partial charge in [-0.15, -0.1) is 0 Å². The first-order valence-electron chi connectivity index (χ1n) is 9.72. The van der Waals surface area contributed by atoms with Gasteiger partial charge in [-0.05, 0) is 24.6 Å². The van der Waals surface area contributed by atoms with Gasteiger partial charge in [0.2, 0.25) is 0 Å². The minimum atomic E-state index is -0.258. The van der Waals surface area contributed by atoms with E-state index in [0.717, 1.165) is 28.1 Å². The fraction of sp³-hybridized carbons (Fsp3) is 0.174. The average molecular weight is 399 g/mol. The Morgan fingerprint density at radius 3 is 2.63 bits per heavy atom. The van der Waals surface area contributed by atoms with Gasteiger partial charge in [-0.25, -0.2) is 9.97 Å². The van der Waals surface area contributed by atoms with Crippen LogP contribution in [0.2, 0.25) is 0 Å². The Morgan fingerprint density at radius 2 is 1.93 bits per heavy atom. The van der Waals surface area contributed by atoms with Crippen molar-refractivity contribution in [2.24, 2.45) is 0 Å². The molecule has 1 amide bonds. The number of carbonyl (C=O) groups excluding carboxylic acids is 1. The van der Waals surface area contributed by atoms with E-state index in [9.17, 15) is 4.79 Å². The molecule has 0 spiro atoms. The van der Waals surface area contributed by atoms with Gasteiger partial charge in [-0.2, -0.15) is 0 Å². The first-order chi connectivity index (χ1) is 14.6. The third-order valence-corrected chi connectivity index (χ3v) is 4.67. The summed E-state index contributed by atoms with van der Waals surface area (Å²) in [5.74, 6) is 1.12. The van der Waals surface area contributed by atoms with Crippen LogP contribution in [0.4, 0.5) is 0 Å². The van der Waals surface area contributed by atoms with Gasteiger partial charge in [0.05, 0.1) is 11.4 Å². The number of pyridine rings is 1. The number of hydrogen-bond donors (Lipinski definition) is 1. The summed E-state index contributed by atoms with van der Waals surface area (Å²) in [5, 5.41) is 6.65. The molecule has 150 valence electrons. The second kappa shape index (κ2) is 8.65. The zero-order valence-electron chi connectivity index (χ0n) is 16.8. The van der Waals surface area contributed by atoms with Crippen molar-refractivity contribution >= 4 is 5.91 Å². The number of nitrogens with one attached hydrogen (secondary N) is 1. The lowest BCUT2D eigenvalue weighted by atomic mass is 10.0. The SMILES string of the molecule is CCc1cc(C(=O)NCc2ccc(-c3nc(C)ncc3-c3ccccn3)cc2)no1. The predicted molar refractivity (Wildman–Crippen MR) is 112 cm³/mol. The Morgan fingerprint density at radius 1 is 1.10 bits per heavy atom. The highest BCUT2D eigenvalue weighted by Crippen LogP contribution is 2.28. The van der Waals surface area contributed by atoms with E-state index in [1.807, 2.05) is 56.3 Å². The molecule has 4 rings (SSSR count). The molecule has 7 heteroatoms. The molecule has 0 fully saturated rings. The van der Waals surface area contributed by atoms with E-state index in [0.29, 0.717) is 30.2 Å². The Balaban J connectivity index is 1.51. The van der Waals surface area contributed by atoms with Crippen molar-refractivity contribution in [3.8, 4) is 22.5 Å². The maximum Gasteiger partial charge on any atom is 0.273 e. The second-order valence-electron chi connectivity index (χ2n) is 6.81. The third-order valence-electron chi connectivity index (χ3n) is 4.67. The molecule has 1 aromatic carbocycles. The summed E-state index contributed by atoms with van der Waals surface area (Å²) in [4.78, 5) is 25.6. The standard InChI is InChI=1S/C23H21N5O2/c1-3-18-12-21(28-30-18)23(29)26-13-16-7-9-17(10-8-16)22-19(14-25-15(2)27-22)20-6-4-5-11-24-20/h4-12,14H,3,13H2,1-2H3,(H,26,29). The normalized spacial score (nSPS) is 10.7. The van der Waals surface area contributed by atoms with Gasteiger partial charge >= 0.3 is 0 Å². The van der Waals surface area contributed by atoms with E-state index >= 15 is 0 Å². The molecule has 30 heavy (non-hydrogen) atoms. The topological polar surface area (TPSA) is 93.8 Å². The predicted octanol–water partition coefficient (Wildman–Crippen LogP) is 3.99. The molecule has 7 nitrogen and oxygen atoms in total. The van der Waals surface area contributed by atoms with Gasteiger partial charge in [-0.1, -0.05) is 42.4 Å². The Bertz CT molecular complexity index is 1150. The monoisotopic (exact) mass is 399 g/mol. The molecule has 4 aromatic rings. The molecular formula is C23H21N5O2. The van der Waals surface area contributed by atoms with Crippen molar-refractivity contribution in [2.45, 2.75) is 26.8 Å². The summed E-state index contributed by atoms with van der Waals surface area (Å²) in [6.45, 7) is 4.20. The van der Waals surface area contributed by atoms with Crippen molar-refractivity contribution < 1.29 is 9.32 Å². The van der Waals surface area contributed by atoms with E-state index in [1.54, 1.807) is 18.5 Å². The molecule has 0 aliphatic heterocycles. The van der Waals surface area contributed by atoms with Crippen LogP contribution in [0.15, 0.2) is 65.4 Å². The van der Waals surface area contributed by atoms with Crippen molar-refractivity contribution in [2.75, 3.05) is 0 Å². The van der Waals surface area contributed by atoms with Crippen LogP contribution in [0.25, 0.3) is 22.5 Å². The molecule has 3 heterocycles. The maximum absolute atomic E-state index is 12.2. The van der Waals surface area contributed by atoms with Gasteiger partial charge in [0.15, 0.2) is 5.69 Å². The van der Waals surface area contributed by atoms with Crippen LogP contribution in [0.3, 0.4) is 0 Å². The summed E-state index contributed by atoms with van der Waals surface area (Å²) in [7, 11) is 0. The second-order valence-corrected chi connectivity index (χ2v) is 6.81. The van der Waals surface area contributed by atoms with E-state index in [2.05, 4.69) is 25.4 Å². The maximum atomic E-state index is 12.2. The molecule has 0 saturated carbocycles. The molecule has 0 aliphatic carbocycles. The lowest BCUT2D eigenvalue weighted by molar-refractivity contribution is 0.0941. The van der Waals surface area contributed by atoms with Gasteiger partial charge in [0, 0.05) is 42.6 Å². The van der Waals surface area contributed by atoms with E-state index in [4.69, 9.17) is 4.52 Å². The molecule has 0 radical (unpaired) electrons. The summed E-state index contributed by atoms with van der Waals surface area (Å²) in [6.07, 6.45) is 4.25. The Hall–Kier alpha value is -3.87. The molecule has 0 unspecified atom stereocenters. The van der Waals surface area contributed by atoms with E-state index in [1.165, 1.54) is 0 Å². The third kappa shape index (κ3) is 4.25. The molecule has 0 atom stereocenters. The van der Waals surface area contributed by atoms with Crippen molar-refractivity contribution in [1.29, 1.82) is 0 Å². The van der Waals surface area contributed by atoms with Gasteiger partial charge < -0.3 is 9.84 Å². The number of benzene rings is 1. The van der Waals surface area contributed by atoms with Crippen LogP contribution < -0.4 is 5.32 Å².